The minimum absolute atomic E-state index is 0.0439. The standard InChI is InChI=1S/C32H58N8O10/c1-34-14-5-3-10-29(42)36-16-8-12-30(43)39-27(9-2-6-15-35-28(41)11-4-7-17-38-40-33)32(46)37-18-20-48-22-24-50-26-25-49-23-21-47-19-13-31(44)45/h27,33H,1-26H2,(H4-,35,36,37,39,41,42,43,44,45,46)/p+1/t27-/m0/s1. The van der Waals surface area contributed by atoms with Crippen molar-refractivity contribution in [3.63, 3.8) is 0 Å². The highest BCUT2D eigenvalue weighted by Crippen LogP contribution is 2.04. The number of carbonyl (C=O) groups excluding carboxylic acids is 4. The van der Waals surface area contributed by atoms with E-state index in [0.717, 1.165) is 12.8 Å². The Kier molecular flexibility index (Phi) is 32.3. The van der Waals surface area contributed by atoms with Crippen molar-refractivity contribution in [3.05, 3.63) is 0 Å². The lowest BCUT2D eigenvalue weighted by Gasteiger charge is -2.19. The molecule has 0 saturated carbocycles. The molecule has 0 aliphatic carbocycles. The number of nitrogens with zero attached hydrogens (tertiary/aromatic N) is 3. The first-order valence-electron chi connectivity index (χ1n) is 17.4. The molecule has 0 aromatic rings. The van der Waals surface area contributed by atoms with Gasteiger partial charge in [-0.25, -0.2) is 0 Å². The lowest BCUT2D eigenvalue weighted by molar-refractivity contribution is -0.138. The van der Waals surface area contributed by atoms with Gasteiger partial charge in [0, 0.05) is 45.4 Å². The molecular weight excluding hydrogens is 656 g/mol. The molecular formula is C32H59N8O10+. The van der Waals surface area contributed by atoms with E-state index in [4.69, 9.17) is 29.6 Å². The predicted octanol–water partition coefficient (Wildman–Crippen LogP) is 0.903. The first-order chi connectivity index (χ1) is 24.3. The Hall–Kier alpha value is -3.83. The van der Waals surface area contributed by atoms with Crippen molar-refractivity contribution >= 4 is 36.3 Å². The molecule has 18 heteroatoms. The minimum Gasteiger partial charge on any atom is -0.481 e. The number of aliphatic imine (C=N–C) groups is 1. The Morgan fingerprint density at radius 1 is 0.620 bits per heavy atom. The fourth-order valence-corrected chi connectivity index (χ4v) is 4.21. The maximum atomic E-state index is 12.9. The van der Waals surface area contributed by atoms with Crippen LogP contribution in [-0.2, 0) is 42.9 Å². The van der Waals surface area contributed by atoms with Crippen LogP contribution in [-0.4, -0.2) is 133 Å². The largest absolute Gasteiger partial charge is 0.481 e. The number of unbranched alkanes of at least 4 members (excludes halogenated alkanes) is 3. The Morgan fingerprint density at radius 3 is 1.74 bits per heavy atom. The van der Waals surface area contributed by atoms with Crippen LogP contribution in [0.15, 0.2) is 10.1 Å². The average molecular weight is 716 g/mol. The summed E-state index contributed by atoms with van der Waals surface area (Å²) in [6.07, 6.45) is 5.75. The summed E-state index contributed by atoms with van der Waals surface area (Å²) in [6.45, 7) is 7.94. The van der Waals surface area contributed by atoms with Gasteiger partial charge in [0.15, 0.2) is 0 Å². The van der Waals surface area contributed by atoms with Crippen molar-refractivity contribution in [1.29, 1.82) is 5.53 Å². The Morgan fingerprint density at radius 2 is 1.16 bits per heavy atom. The highest BCUT2D eigenvalue weighted by atomic mass is 16.6. The monoisotopic (exact) mass is 715 g/mol. The minimum atomic E-state index is -0.908. The molecule has 0 aromatic carbocycles. The van der Waals surface area contributed by atoms with Gasteiger partial charge in [0.25, 0.3) is 0 Å². The SMILES string of the molecule is C=NCCCCC(=O)NCCCC(=O)N[C@@H](CCCCNC(=O)CCCCN=[N+]=N)C(=O)NCCOCCOCCOCCOCCC(=O)O. The Balaban J connectivity index is 4.36. The van der Waals surface area contributed by atoms with Crippen LogP contribution in [0.25, 0.3) is 0 Å². The second-order valence-electron chi connectivity index (χ2n) is 11.1. The number of ether oxygens (including phenoxy) is 4. The summed E-state index contributed by atoms with van der Waals surface area (Å²) >= 11 is 0. The van der Waals surface area contributed by atoms with Gasteiger partial charge in [0.1, 0.15) is 23.2 Å². The van der Waals surface area contributed by atoms with Crippen molar-refractivity contribution in [2.75, 3.05) is 85.6 Å². The molecule has 50 heavy (non-hydrogen) atoms. The summed E-state index contributed by atoms with van der Waals surface area (Å²) in [4.78, 5) is 66.6. The second-order valence-corrected chi connectivity index (χ2v) is 11.1. The molecule has 0 saturated heterocycles. The van der Waals surface area contributed by atoms with Crippen LogP contribution in [0.4, 0.5) is 0 Å². The molecule has 0 rings (SSSR count). The average Bonchev–Trinajstić information content (AvgIpc) is 3.09. The van der Waals surface area contributed by atoms with Gasteiger partial charge in [-0.3, -0.25) is 24.0 Å². The van der Waals surface area contributed by atoms with E-state index in [9.17, 15) is 24.0 Å². The van der Waals surface area contributed by atoms with Gasteiger partial charge in [-0.1, -0.05) is 0 Å². The van der Waals surface area contributed by atoms with Crippen LogP contribution in [0, 0.1) is 5.53 Å². The fourth-order valence-electron chi connectivity index (χ4n) is 4.21. The molecule has 0 bridgehead atoms. The summed E-state index contributed by atoms with van der Waals surface area (Å²) in [7, 11) is 0. The number of hydrogen-bond acceptors (Lipinski definition) is 12. The molecule has 0 aromatic heterocycles. The summed E-state index contributed by atoms with van der Waals surface area (Å²) in [5.74, 6) is -1.69. The van der Waals surface area contributed by atoms with Crippen LogP contribution in [0.1, 0.15) is 77.0 Å². The zero-order chi connectivity index (χ0) is 36.9. The summed E-state index contributed by atoms with van der Waals surface area (Å²) in [6, 6.07) is -0.761. The van der Waals surface area contributed by atoms with Crippen LogP contribution in [0.3, 0.4) is 0 Å². The topological polar surface area (TPSA) is 253 Å². The van der Waals surface area contributed by atoms with Crippen molar-refractivity contribution in [2.45, 2.75) is 83.1 Å². The number of amides is 4. The first-order valence-corrected chi connectivity index (χ1v) is 17.4. The zero-order valence-corrected chi connectivity index (χ0v) is 29.4. The Bertz CT molecular complexity index is 998. The Labute approximate surface area is 294 Å². The second kappa shape index (κ2) is 35.0. The van der Waals surface area contributed by atoms with Gasteiger partial charge in [0.05, 0.1) is 59.3 Å². The maximum Gasteiger partial charge on any atom is 0.305 e. The van der Waals surface area contributed by atoms with Crippen LogP contribution in [0.5, 0.6) is 0 Å². The van der Waals surface area contributed by atoms with Crippen molar-refractivity contribution in [1.82, 2.24) is 26.2 Å². The van der Waals surface area contributed by atoms with Crippen LogP contribution >= 0.6 is 0 Å². The predicted molar refractivity (Wildman–Crippen MR) is 184 cm³/mol. The number of hydrogen-bond donors (Lipinski definition) is 6. The van der Waals surface area contributed by atoms with E-state index in [1.54, 1.807) is 0 Å². The van der Waals surface area contributed by atoms with E-state index in [2.05, 4.69) is 43.0 Å². The molecule has 286 valence electrons. The lowest BCUT2D eigenvalue weighted by atomic mass is 10.1. The summed E-state index contributed by atoms with van der Waals surface area (Å²) in [5, 5.41) is 23.3. The molecule has 1 atom stereocenters. The first kappa shape index (κ1) is 46.2. The summed E-state index contributed by atoms with van der Waals surface area (Å²) in [5.41, 5.74) is 6.63. The van der Waals surface area contributed by atoms with Crippen LogP contribution < -0.4 is 26.2 Å². The maximum absolute atomic E-state index is 12.9. The third-order valence-corrected chi connectivity index (χ3v) is 6.87. The van der Waals surface area contributed by atoms with Gasteiger partial charge in [-0.05, 0) is 58.1 Å². The molecule has 0 aliphatic rings. The normalized spacial score (nSPS) is 11.2. The van der Waals surface area contributed by atoms with Gasteiger partial charge >= 0.3 is 5.97 Å². The number of aliphatic carboxylic acids is 1. The number of rotatable bonds is 36. The van der Waals surface area contributed by atoms with Crippen molar-refractivity contribution < 1.29 is 48.0 Å². The molecule has 6 N–H and O–H groups in total. The third-order valence-electron chi connectivity index (χ3n) is 6.87. The fraction of sp³-hybridized carbons (Fsp3) is 0.812. The van der Waals surface area contributed by atoms with Crippen LogP contribution in [0.2, 0.25) is 0 Å². The number of carboxylic acids is 1. The third kappa shape index (κ3) is 32.7. The molecule has 0 spiro atoms. The molecule has 0 aliphatic heterocycles. The molecule has 0 radical (unpaired) electrons. The van der Waals surface area contributed by atoms with E-state index >= 15 is 0 Å². The number of carboxylic acid groups (broad SMARTS) is 1. The van der Waals surface area contributed by atoms with Gasteiger partial charge in [0.2, 0.25) is 28.5 Å². The molecule has 0 heterocycles. The van der Waals surface area contributed by atoms with E-state index < -0.39 is 12.0 Å². The highest BCUT2D eigenvalue weighted by molar-refractivity contribution is 5.87. The van der Waals surface area contributed by atoms with E-state index in [0.29, 0.717) is 117 Å². The summed E-state index contributed by atoms with van der Waals surface area (Å²) < 4.78 is 21.4. The van der Waals surface area contributed by atoms with Gasteiger partial charge < -0.3 is 50.3 Å². The quantitative estimate of drug-likeness (QED) is 0.0231. The molecule has 18 nitrogen and oxygen atoms in total. The van der Waals surface area contributed by atoms with E-state index in [1.165, 1.54) is 0 Å². The zero-order valence-electron chi connectivity index (χ0n) is 29.4. The number of nitrogens with one attached hydrogen (secondary N) is 5. The molecule has 0 fully saturated rings. The van der Waals surface area contributed by atoms with Gasteiger partial charge in [-0.15, -0.1) is 0 Å². The van der Waals surface area contributed by atoms with Crippen molar-refractivity contribution in [2.24, 2.45) is 10.1 Å². The highest BCUT2D eigenvalue weighted by Gasteiger charge is 2.20. The lowest BCUT2D eigenvalue weighted by Crippen LogP contribution is -2.47. The van der Waals surface area contributed by atoms with E-state index in [-0.39, 0.29) is 56.2 Å². The number of carbonyl (C=O) groups is 5. The smallest absolute Gasteiger partial charge is 0.305 e. The molecule has 0 unspecified atom stereocenters. The molecule has 4 amide bonds. The van der Waals surface area contributed by atoms with Gasteiger partial charge in [-0.2, -0.15) is 0 Å². The van der Waals surface area contributed by atoms with E-state index in [1.807, 2.05) is 0 Å². The van der Waals surface area contributed by atoms with Crippen molar-refractivity contribution in [3.8, 4) is 0 Å².